The molecule has 0 fully saturated rings. The lowest BCUT2D eigenvalue weighted by atomic mass is 10.1. The largest absolute Gasteiger partial charge is 0.480 e. The lowest BCUT2D eigenvalue weighted by molar-refractivity contribution is -0.139. The van der Waals surface area contributed by atoms with E-state index in [0.717, 1.165) is 0 Å². The highest BCUT2D eigenvalue weighted by Gasteiger charge is 2.16. The Morgan fingerprint density at radius 1 is 0.694 bits per heavy atom. The molecule has 0 bridgehead atoms. The first-order valence-corrected chi connectivity index (χ1v) is 18.3. The Kier molecular flexibility index (Phi) is 24.7. The van der Waals surface area contributed by atoms with Gasteiger partial charge in [-0.1, -0.05) is 25.7 Å². The van der Waals surface area contributed by atoms with Crippen LogP contribution in [-0.2, 0) is 71.0 Å². The molecule has 0 amide bonds. The van der Waals surface area contributed by atoms with Crippen LogP contribution >= 0.6 is 11.3 Å². The predicted molar refractivity (Wildman–Crippen MR) is 214 cm³/mol. The molecule has 4 aromatic rings. The molecule has 4 heterocycles. The van der Waals surface area contributed by atoms with Crippen LogP contribution in [0.2, 0.25) is 0 Å². The minimum absolute atomic E-state index is 0.122. The molecule has 4 atom stereocenters. The summed E-state index contributed by atoms with van der Waals surface area (Å²) in [5, 5.41) is 68.1. The van der Waals surface area contributed by atoms with E-state index < -0.39 is 48.0 Å². The second kappa shape index (κ2) is 29.4. The number of hydrogen-bond acceptors (Lipinski definition) is 18. The van der Waals surface area contributed by atoms with Crippen LogP contribution in [0.1, 0.15) is 33.5 Å². The highest BCUT2D eigenvalue weighted by Crippen LogP contribution is 2.12. The molecule has 0 aliphatic rings. The minimum atomic E-state index is -1.08. The van der Waals surface area contributed by atoms with E-state index in [0.29, 0.717) is 53.1 Å². The van der Waals surface area contributed by atoms with Crippen molar-refractivity contribution < 1.29 is 39.6 Å². The van der Waals surface area contributed by atoms with Gasteiger partial charge in [-0.25, -0.2) is 4.98 Å². The molecule has 0 unspecified atom stereocenters. The number of thiazole rings is 1. The van der Waals surface area contributed by atoms with Gasteiger partial charge in [0.05, 0.1) is 40.9 Å². The van der Waals surface area contributed by atoms with Crippen LogP contribution in [0.25, 0.3) is 41.8 Å². The summed E-state index contributed by atoms with van der Waals surface area (Å²) in [6.07, 6.45) is 3.92. The Morgan fingerprint density at radius 3 is 1.74 bits per heavy atom. The number of rotatable bonds is 22. The highest BCUT2D eigenvalue weighted by molar-refractivity contribution is 7.09. The van der Waals surface area contributed by atoms with Crippen LogP contribution in [-0.4, -0.2) is 122 Å². The molecule has 0 aliphatic carbocycles. The zero-order chi connectivity index (χ0) is 46.5. The van der Waals surface area contributed by atoms with Gasteiger partial charge in [0.25, 0.3) is 0 Å². The van der Waals surface area contributed by atoms with E-state index in [1.165, 1.54) is 16.0 Å². The zero-order valence-electron chi connectivity index (χ0n) is 32.4. The summed E-state index contributed by atoms with van der Waals surface area (Å²) >= 11 is 1.32. The topological polar surface area (TPSA) is 538 Å². The highest BCUT2D eigenvalue weighted by atomic mass is 32.1. The first kappa shape index (κ1) is 52.2. The second-order valence-corrected chi connectivity index (χ2v) is 12.9. The average molecular weight is 887 g/mol. The van der Waals surface area contributed by atoms with Crippen molar-refractivity contribution in [1.29, 1.82) is 0 Å². The standard InChI is InChI=1S/C8H12N6O2.C7H11N7O2.C7H10N6O2.C7H9N5O2S/c9-7(8(15)16)5-6-1-3-14(12-6)4-2-11-13-10;8-6(7(15)16)3-5-4-14(13-11-5)2-1-10-12-9;8-6(7(14)15)2-4-1-5(12-11-4)3-10-13-9;8-5(7(13)14)1-4-3-15-6(11-4)2-10-12-9/h1,3,7H,2,4-5,9H2,(H,15,16);4,6H,1-3,8H2,(H,15,16);1,6H,2-3,8H2,(H,11,12)(H,14,15);3,5H,1-2,8H2,(H,13,14)/t7-;2*6-;5-/m0000/s1. The van der Waals surface area contributed by atoms with Gasteiger partial charge in [0, 0.05) is 95.0 Å². The second-order valence-electron chi connectivity index (χ2n) is 11.9. The molecule has 13 N–H and O–H groups in total. The van der Waals surface area contributed by atoms with Crippen molar-refractivity contribution in [1.82, 2.24) is 40.0 Å². The third kappa shape index (κ3) is 22.3. The molecular formula is C29H42N24O8S. The van der Waals surface area contributed by atoms with E-state index in [2.05, 4.69) is 70.7 Å². The number of aromatic nitrogens is 8. The van der Waals surface area contributed by atoms with E-state index in [1.807, 2.05) is 0 Å². The van der Waals surface area contributed by atoms with Gasteiger partial charge in [-0.15, -0.1) is 16.4 Å². The fourth-order valence-corrected chi connectivity index (χ4v) is 4.85. The van der Waals surface area contributed by atoms with Crippen LogP contribution in [0.3, 0.4) is 0 Å². The molecule has 0 spiro atoms. The van der Waals surface area contributed by atoms with Crippen LogP contribution in [0, 0.1) is 0 Å². The van der Waals surface area contributed by atoms with E-state index in [9.17, 15) is 19.2 Å². The summed E-state index contributed by atoms with van der Waals surface area (Å²) in [7, 11) is 0. The summed E-state index contributed by atoms with van der Waals surface area (Å²) in [4.78, 5) is 56.4. The van der Waals surface area contributed by atoms with Crippen LogP contribution in [0.15, 0.2) is 50.4 Å². The Balaban J connectivity index is 0.000000414. The number of carboxylic acid groups (broad SMARTS) is 4. The summed E-state index contributed by atoms with van der Waals surface area (Å²) in [5.41, 5.74) is 56.5. The van der Waals surface area contributed by atoms with Crippen LogP contribution in [0.5, 0.6) is 0 Å². The third-order valence-electron chi connectivity index (χ3n) is 7.11. The summed E-state index contributed by atoms with van der Waals surface area (Å²) < 4.78 is 3.05. The lowest BCUT2D eigenvalue weighted by Crippen LogP contribution is -2.32. The smallest absolute Gasteiger partial charge is 0.320 e. The SMILES string of the molecule is [N-]=[N+]=NCCn1cc(C[C@H](N)C(=O)O)nn1.[N-]=[N+]=NCCn1ccc(C[C@H](N)C(=O)O)n1.[N-]=[N+]=NCc1cc(C[C@H](N)C(=O)O)[nH]n1.[N-]=[N+]=NCc1nc(C[C@H](N)C(=O)O)cs1. The van der Waals surface area contributed by atoms with Crippen LogP contribution in [0.4, 0.5) is 0 Å². The maximum absolute atomic E-state index is 10.5. The van der Waals surface area contributed by atoms with Crippen molar-refractivity contribution in [3.05, 3.63) is 105 Å². The number of nitrogens with zero attached hydrogens (tertiary/aromatic N) is 19. The molecular weight excluding hydrogens is 845 g/mol. The normalized spacial score (nSPS) is 11.8. The molecule has 0 saturated carbocycles. The molecule has 0 aromatic carbocycles. The number of carboxylic acids is 4. The molecule has 0 saturated heterocycles. The maximum atomic E-state index is 10.5. The molecule has 4 rings (SSSR count). The number of aliphatic carboxylic acids is 4. The number of nitrogens with one attached hydrogen (secondary N) is 1. The Labute approximate surface area is 352 Å². The summed E-state index contributed by atoms with van der Waals surface area (Å²) in [5.74, 6) is -4.26. The van der Waals surface area contributed by atoms with Crippen LogP contribution < -0.4 is 22.9 Å². The van der Waals surface area contributed by atoms with Gasteiger partial charge < -0.3 is 43.4 Å². The van der Waals surface area contributed by atoms with Gasteiger partial charge in [0.15, 0.2) is 0 Å². The van der Waals surface area contributed by atoms with E-state index in [4.69, 9.17) is 65.5 Å². The summed E-state index contributed by atoms with van der Waals surface area (Å²) in [6, 6.07) is -0.518. The minimum Gasteiger partial charge on any atom is -0.480 e. The number of H-pyrrole nitrogens is 1. The molecule has 4 aromatic heterocycles. The van der Waals surface area contributed by atoms with E-state index in [1.54, 1.807) is 34.6 Å². The molecule has 332 valence electrons. The van der Waals surface area contributed by atoms with Crippen molar-refractivity contribution in [3.63, 3.8) is 0 Å². The zero-order valence-corrected chi connectivity index (χ0v) is 33.2. The van der Waals surface area contributed by atoms with Gasteiger partial charge in [-0.05, 0) is 34.3 Å². The fourth-order valence-electron chi connectivity index (χ4n) is 4.13. The first-order chi connectivity index (χ1) is 29.5. The van der Waals surface area contributed by atoms with Crippen molar-refractivity contribution in [2.45, 2.75) is 76.0 Å². The predicted octanol–water partition coefficient (Wildman–Crippen LogP) is 0.773. The Hall–Kier alpha value is -7.85. The number of carbonyl (C=O) groups is 4. The molecule has 33 heteroatoms. The van der Waals surface area contributed by atoms with Gasteiger partial charge in [0.2, 0.25) is 0 Å². The van der Waals surface area contributed by atoms with E-state index in [-0.39, 0.29) is 45.3 Å². The molecule has 0 aliphatic heterocycles. The Bertz CT molecular complexity index is 2070. The van der Waals surface area contributed by atoms with Gasteiger partial charge in [0.1, 0.15) is 24.2 Å². The van der Waals surface area contributed by atoms with Gasteiger partial charge in [-0.2, -0.15) is 10.2 Å². The van der Waals surface area contributed by atoms with Gasteiger partial charge in [-0.3, -0.25) is 33.6 Å². The monoisotopic (exact) mass is 886 g/mol. The Morgan fingerprint density at radius 2 is 1.19 bits per heavy atom. The summed E-state index contributed by atoms with van der Waals surface area (Å²) in [6.45, 7) is 1.76. The fraction of sp³-hybridized carbons (Fsp3) is 0.483. The van der Waals surface area contributed by atoms with E-state index >= 15 is 0 Å². The quantitative estimate of drug-likeness (QED) is 0.0299. The lowest BCUT2D eigenvalue weighted by Gasteiger charge is -2.02. The average Bonchev–Trinajstić information content (AvgIpc) is 4.07. The number of azide groups is 4. The van der Waals surface area contributed by atoms with Crippen molar-refractivity contribution in [2.75, 3.05) is 13.1 Å². The van der Waals surface area contributed by atoms with Gasteiger partial charge >= 0.3 is 23.9 Å². The molecule has 62 heavy (non-hydrogen) atoms. The molecule has 0 radical (unpaired) electrons. The third-order valence-corrected chi connectivity index (χ3v) is 7.99. The van der Waals surface area contributed by atoms with Crippen molar-refractivity contribution in [2.24, 2.45) is 43.4 Å². The molecule has 32 nitrogen and oxygen atoms in total. The first-order valence-electron chi connectivity index (χ1n) is 17.4. The maximum Gasteiger partial charge on any atom is 0.320 e. The van der Waals surface area contributed by atoms with Crippen molar-refractivity contribution >= 4 is 35.2 Å². The van der Waals surface area contributed by atoms with Crippen molar-refractivity contribution in [3.8, 4) is 0 Å². The number of nitrogens with two attached hydrogens (primary N) is 4. The number of hydrogen-bond donors (Lipinski definition) is 9. The number of aromatic amines is 1.